The summed E-state index contributed by atoms with van der Waals surface area (Å²) in [6.45, 7) is 5.43. The third-order valence-corrected chi connectivity index (χ3v) is 4.13. The number of rotatable bonds is 2. The van der Waals surface area contributed by atoms with Crippen LogP contribution in [0.4, 0.5) is 0 Å². The SMILES string of the molecule is CC(=O)Cn1c(C)c(C)n2c3c(=O)n(C)c(=O)n(C)c3nc12. The summed E-state index contributed by atoms with van der Waals surface area (Å²) < 4.78 is 5.89. The molecule has 0 amide bonds. The van der Waals surface area contributed by atoms with Gasteiger partial charge in [0.1, 0.15) is 5.78 Å². The van der Waals surface area contributed by atoms with Gasteiger partial charge >= 0.3 is 5.69 Å². The minimum Gasteiger partial charge on any atom is -0.306 e. The fourth-order valence-electron chi connectivity index (χ4n) is 2.80. The average Bonchev–Trinajstić information content (AvgIpc) is 2.95. The van der Waals surface area contributed by atoms with Crippen LogP contribution in [0.25, 0.3) is 16.9 Å². The van der Waals surface area contributed by atoms with Crippen molar-refractivity contribution in [2.45, 2.75) is 27.3 Å². The summed E-state index contributed by atoms with van der Waals surface area (Å²) in [5.41, 5.74) is 1.55. The predicted octanol–water partition coefficient (Wildman–Crippen LogP) is -0.108. The van der Waals surface area contributed by atoms with Crippen LogP contribution in [0.2, 0.25) is 0 Å². The van der Waals surface area contributed by atoms with E-state index in [9.17, 15) is 14.4 Å². The molecule has 3 aromatic rings. The number of nitrogens with zero attached hydrogens (tertiary/aromatic N) is 5. The summed E-state index contributed by atoms with van der Waals surface area (Å²) in [5, 5.41) is 0. The topological polar surface area (TPSA) is 83.3 Å². The van der Waals surface area contributed by atoms with Crippen molar-refractivity contribution in [1.82, 2.24) is 23.1 Å². The molecule has 0 saturated carbocycles. The highest BCUT2D eigenvalue weighted by atomic mass is 16.2. The highest BCUT2D eigenvalue weighted by molar-refractivity contribution is 5.79. The molecule has 0 fully saturated rings. The monoisotopic (exact) mass is 303 g/mol. The van der Waals surface area contributed by atoms with Crippen LogP contribution in [-0.4, -0.2) is 28.9 Å². The van der Waals surface area contributed by atoms with E-state index in [0.29, 0.717) is 16.9 Å². The molecule has 0 radical (unpaired) electrons. The number of ketones is 1. The standard InChI is InChI=1S/C14H17N5O3/c1-7(20)6-18-8(2)9(3)19-10-11(15-13(18)19)16(4)14(22)17(5)12(10)21/h6H2,1-5H3. The van der Waals surface area contributed by atoms with Crippen LogP contribution in [0.1, 0.15) is 18.3 Å². The van der Waals surface area contributed by atoms with Gasteiger partial charge in [0.2, 0.25) is 5.78 Å². The highest BCUT2D eigenvalue weighted by Crippen LogP contribution is 2.20. The Labute approximate surface area is 125 Å². The first-order valence-electron chi connectivity index (χ1n) is 6.89. The van der Waals surface area contributed by atoms with Crippen LogP contribution in [0.3, 0.4) is 0 Å². The van der Waals surface area contributed by atoms with Gasteiger partial charge < -0.3 is 4.57 Å². The first-order valence-corrected chi connectivity index (χ1v) is 6.89. The molecule has 3 rings (SSSR count). The van der Waals surface area contributed by atoms with Gasteiger partial charge in [-0.05, 0) is 20.8 Å². The Hall–Kier alpha value is -2.64. The lowest BCUT2D eigenvalue weighted by molar-refractivity contribution is -0.117. The van der Waals surface area contributed by atoms with Crippen molar-refractivity contribution in [2.75, 3.05) is 0 Å². The lowest BCUT2D eigenvalue weighted by atomic mass is 10.3. The summed E-state index contributed by atoms with van der Waals surface area (Å²) in [6, 6.07) is 0. The van der Waals surface area contributed by atoms with E-state index in [0.717, 1.165) is 16.0 Å². The van der Waals surface area contributed by atoms with Crippen molar-refractivity contribution in [3.8, 4) is 0 Å². The first kappa shape index (κ1) is 14.3. The third-order valence-electron chi connectivity index (χ3n) is 4.13. The lowest BCUT2D eigenvalue weighted by Gasteiger charge is -2.04. The highest BCUT2D eigenvalue weighted by Gasteiger charge is 2.21. The average molecular weight is 303 g/mol. The van der Waals surface area contributed by atoms with Crippen molar-refractivity contribution in [3.05, 3.63) is 32.2 Å². The summed E-state index contributed by atoms with van der Waals surface area (Å²) in [6.07, 6.45) is 0. The fraction of sp³-hybridized carbons (Fsp3) is 0.429. The second-order valence-corrected chi connectivity index (χ2v) is 5.58. The van der Waals surface area contributed by atoms with Gasteiger partial charge in [-0.25, -0.2) is 4.79 Å². The molecule has 3 heterocycles. The Morgan fingerprint density at radius 2 is 1.73 bits per heavy atom. The fourth-order valence-corrected chi connectivity index (χ4v) is 2.80. The number of carbonyl (C=O) groups excluding carboxylic acids is 1. The number of carbonyl (C=O) groups is 1. The quantitative estimate of drug-likeness (QED) is 0.661. The van der Waals surface area contributed by atoms with Gasteiger partial charge in [0.05, 0.1) is 6.54 Å². The van der Waals surface area contributed by atoms with Crippen LogP contribution in [0, 0.1) is 13.8 Å². The number of hydrogen-bond acceptors (Lipinski definition) is 4. The van der Waals surface area contributed by atoms with Crippen molar-refractivity contribution in [3.63, 3.8) is 0 Å². The molecule has 0 unspecified atom stereocenters. The molecule has 22 heavy (non-hydrogen) atoms. The molecule has 0 saturated heterocycles. The van der Waals surface area contributed by atoms with Crippen LogP contribution >= 0.6 is 0 Å². The van der Waals surface area contributed by atoms with E-state index in [1.54, 1.807) is 16.0 Å². The van der Waals surface area contributed by atoms with E-state index < -0.39 is 11.2 Å². The van der Waals surface area contributed by atoms with Gasteiger partial charge in [0.25, 0.3) is 5.56 Å². The van der Waals surface area contributed by atoms with Crippen molar-refractivity contribution < 1.29 is 4.79 Å². The molecule has 0 aliphatic carbocycles. The second-order valence-electron chi connectivity index (χ2n) is 5.58. The maximum atomic E-state index is 12.5. The number of aryl methyl sites for hydroxylation is 2. The smallest absolute Gasteiger partial charge is 0.306 e. The minimum atomic E-state index is -0.425. The number of fused-ring (bicyclic) bond motifs is 3. The Bertz CT molecular complexity index is 1060. The van der Waals surface area contributed by atoms with E-state index in [4.69, 9.17) is 0 Å². The van der Waals surface area contributed by atoms with Gasteiger partial charge in [-0.3, -0.25) is 23.1 Å². The zero-order valence-electron chi connectivity index (χ0n) is 13.2. The van der Waals surface area contributed by atoms with Gasteiger partial charge in [0.15, 0.2) is 11.2 Å². The molecule has 0 aliphatic heterocycles. The summed E-state index contributed by atoms with van der Waals surface area (Å²) in [4.78, 5) is 40.4. The molecule has 3 aromatic heterocycles. The van der Waals surface area contributed by atoms with Crippen molar-refractivity contribution in [1.29, 1.82) is 0 Å². The molecule has 0 spiro atoms. The summed E-state index contributed by atoms with van der Waals surface area (Å²) >= 11 is 0. The molecule has 0 atom stereocenters. The van der Waals surface area contributed by atoms with Crippen LogP contribution in [0.5, 0.6) is 0 Å². The zero-order valence-corrected chi connectivity index (χ0v) is 13.2. The third kappa shape index (κ3) is 1.63. The van der Waals surface area contributed by atoms with Crippen molar-refractivity contribution in [2.24, 2.45) is 14.1 Å². The predicted molar refractivity (Wildman–Crippen MR) is 81.3 cm³/mol. The number of Topliss-reactive ketones (excluding diaryl/α,β-unsaturated/α-hetero) is 1. The maximum Gasteiger partial charge on any atom is 0.332 e. The van der Waals surface area contributed by atoms with Gasteiger partial charge in [-0.2, -0.15) is 4.98 Å². The molecular weight excluding hydrogens is 286 g/mol. The Morgan fingerprint density at radius 1 is 1.09 bits per heavy atom. The molecular formula is C14H17N5O3. The number of aromatic nitrogens is 5. The van der Waals surface area contributed by atoms with Gasteiger partial charge in [-0.1, -0.05) is 0 Å². The molecule has 0 N–H and O–H groups in total. The van der Waals surface area contributed by atoms with E-state index in [1.165, 1.54) is 18.5 Å². The molecule has 116 valence electrons. The number of hydrogen-bond donors (Lipinski definition) is 0. The van der Waals surface area contributed by atoms with Crippen LogP contribution in [-0.2, 0) is 25.4 Å². The molecule has 8 nitrogen and oxygen atoms in total. The molecule has 0 bridgehead atoms. The van der Waals surface area contributed by atoms with E-state index in [-0.39, 0.29) is 12.3 Å². The second kappa shape index (κ2) is 4.43. The largest absolute Gasteiger partial charge is 0.332 e. The number of imidazole rings is 2. The maximum absolute atomic E-state index is 12.5. The first-order chi connectivity index (χ1) is 10.3. The van der Waals surface area contributed by atoms with Crippen molar-refractivity contribution >= 4 is 22.7 Å². The summed E-state index contributed by atoms with van der Waals surface area (Å²) in [5.74, 6) is 0.493. The van der Waals surface area contributed by atoms with Crippen LogP contribution < -0.4 is 11.2 Å². The van der Waals surface area contributed by atoms with Gasteiger partial charge in [-0.15, -0.1) is 0 Å². The Kier molecular flexibility index (Phi) is 2.88. The van der Waals surface area contributed by atoms with E-state index in [2.05, 4.69) is 4.98 Å². The van der Waals surface area contributed by atoms with Crippen LogP contribution in [0.15, 0.2) is 9.59 Å². The van der Waals surface area contributed by atoms with Gasteiger partial charge in [0, 0.05) is 25.5 Å². The lowest BCUT2D eigenvalue weighted by Crippen LogP contribution is -2.37. The Balaban J connectivity index is 2.61. The molecule has 0 aromatic carbocycles. The zero-order chi connectivity index (χ0) is 16.3. The minimum absolute atomic E-state index is 0.00514. The molecule has 8 heteroatoms. The van der Waals surface area contributed by atoms with E-state index >= 15 is 0 Å². The Morgan fingerprint density at radius 3 is 2.32 bits per heavy atom. The summed E-state index contributed by atoms with van der Waals surface area (Å²) in [7, 11) is 3.02. The van der Waals surface area contributed by atoms with E-state index in [1.807, 2.05) is 13.8 Å². The normalized spacial score (nSPS) is 11.7. The molecule has 0 aliphatic rings.